The van der Waals surface area contributed by atoms with Crippen LogP contribution in [0, 0.1) is 12.8 Å². The zero-order valence-corrected chi connectivity index (χ0v) is 12.7. The summed E-state index contributed by atoms with van der Waals surface area (Å²) in [6.07, 6.45) is 8.40. The maximum Gasteiger partial charge on any atom is 0.118 e. The molecule has 1 aromatic rings. The molecule has 20 heavy (non-hydrogen) atoms. The molecule has 3 heteroatoms. The molecule has 2 heterocycles. The summed E-state index contributed by atoms with van der Waals surface area (Å²) in [7, 11) is 0. The molecule has 1 aliphatic carbocycles. The average molecular weight is 276 g/mol. The number of aryl methyl sites for hydroxylation is 1. The Morgan fingerprint density at radius 1 is 1.20 bits per heavy atom. The predicted octanol–water partition coefficient (Wildman–Crippen LogP) is 3.33. The van der Waals surface area contributed by atoms with Crippen LogP contribution in [0.4, 0.5) is 0 Å². The summed E-state index contributed by atoms with van der Waals surface area (Å²) >= 11 is 0. The third kappa shape index (κ3) is 3.64. The van der Waals surface area contributed by atoms with Crippen molar-refractivity contribution in [1.82, 2.24) is 10.2 Å². The first-order chi connectivity index (χ1) is 9.81. The zero-order valence-electron chi connectivity index (χ0n) is 12.7. The molecule has 1 unspecified atom stereocenters. The highest BCUT2D eigenvalue weighted by Gasteiger charge is 2.27. The Kier molecular flexibility index (Phi) is 4.79. The maximum absolute atomic E-state index is 5.75. The van der Waals surface area contributed by atoms with E-state index in [4.69, 9.17) is 4.42 Å². The van der Waals surface area contributed by atoms with Crippen LogP contribution < -0.4 is 5.32 Å². The van der Waals surface area contributed by atoms with E-state index in [0.717, 1.165) is 24.0 Å². The lowest BCUT2D eigenvalue weighted by atomic mass is 9.83. The summed E-state index contributed by atoms with van der Waals surface area (Å²) in [5.74, 6) is 3.03. The van der Waals surface area contributed by atoms with Gasteiger partial charge in [0.1, 0.15) is 11.5 Å². The van der Waals surface area contributed by atoms with Crippen LogP contribution in [0.1, 0.15) is 50.0 Å². The van der Waals surface area contributed by atoms with Crippen molar-refractivity contribution in [2.45, 2.75) is 58.0 Å². The molecule has 1 N–H and O–H groups in total. The Bertz CT molecular complexity index is 409. The molecule has 0 aromatic carbocycles. The number of rotatable bonds is 3. The number of hydrogen-bond acceptors (Lipinski definition) is 3. The zero-order chi connectivity index (χ0) is 13.8. The highest BCUT2D eigenvalue weighted by molar-refractivity contribution is 5.05. The Balaban J connectivity index is 1.59. The van der Waals surface area contributed by atoms with Crippen LogP contribution in [0.2, 0.25) is 0 Å². The fourth-order valence-electron chi connectivity index (χ4n) is 3.81. The van der Waals surface area contributed by atoms with E-state index in [-0.39, 0.29) is 0 Å². The van der Waals surface area contributed by atoms with Crippen LogP contribution in [-0.2, 0) is 6.54 Å². The van der Waals surface area contributed by atoms with E-state index >= 15 is 0 Å². The SMILES string of the molecule is Cc1ccc(CN2CCCNC(C3CCCCC3)C2)o1. The number of nitrogens with one attached hydrogen (secondary N) is 1. The van der Waals surface area contributed by atoms with Crippen molar-refractivity contribution in [2.75, 3.05) is 19.6 Å². The maximum atomic E-state index is 5.75. The highest BCUT2D eigenvalue weighted by Crippen LogP contribution is 2.28. The van der Waals surface area contributed by atoms with Crippen LogP contribution in [0.5, 0.6) is 0 Å². The second-order valence-electron chi connectivity index (χ2n) is 6.56. The van der Waals surface area contributed by atoms with Gasteiger partial charge >= 0.3 is 0 Å². The predicted molar refractivity (Wildman–Crippen MR) is 81.7 cm³/mol. The van der Waals surface area contributed by atoms with E-state index < -0.39 is 0 Å². The van der Waals surface area contributed by atoms with Crippen molar-refractivity contribution in [2.24, 2.45) is 5.92 Å². The van der Waals surface area contributed by atoms with Gasteiger partial charge in [0.05, 0.1) is 6.54 Å². The number of nitrogens with zero attached hydrogens (tertiary/aromatic N) is 1. The second kappa shape index (κ2) is 6.77. The van der Waals surface area contributed by atoms with Crippen molar-refractivity contribution < 1.29 is 4.42 Å². The van der Waals surface area contributed by atoms with E-state index in [2.05, 4.69) is 22.3 Å². The normalized spacial score (nSPS) is 26.6. The fraction of sp³-hybridized carbons (Fsp3) is 0.765. The van der Waals surface area contributed by atoms with E-state index in [1.165, 1.54) is 58.2 Å². The first-order valence-corrected chi connectivity index (χ1v) is 8.32. The molecule has 2 fully saturated rings. The van der Waals surface area contributed by atoms with Gasteiger partial charge in [0.15, 0.2) is 0 Å². The fourth-order valence-corrected chi connectivity index (χ4v) is 3.81. The standard InChI is InChI=1S/C17H28N2O/c1-14-8-9-16(20-14)12-19-11-5-10-18-17(13-19)15-6-3-2-4-7-15/h8-9,15,17-18H,2-7,10-13H2,1H3. The average Bonchev–Trinajstić information content (AvgIpc) is 2.74. The molecule has 1 aliphatic heterocycles. The van der Waals surface area contributed by atoms with Crippen molar-refractivity contribution in [3.63, 3.8) is 0 Å². The molecule has 1 saturated heterocycles. The molecule has 112 valence electrons. The largest absolute Gasteiger partial charge is 0.465 e. The third-order valence-electron chi connectivity index (χ3n) is 4.91. The summed E-state index contributed by atoms with van der Waals surface area (Å²) < 4.78 is 5.75. The minimum atomic E-state index is 0.689. The smallest absolute Gasteiger partial charge is 0.118 e. The van der Waals surface area contributed by atoms with E-state index in [1.807, 2.05) is 6.92 Å². The molecule has 1 saturated carbocycles. The van der Waals surface area contributed by atoms with Crippen molar-refractivity contribution in [3.8, 4) is 0 Å². The van der Waals surface area contributed by atoms with Gasteiger partial charge in [-0.1, -0.05) is 19.3 Å². The summed E-state index contributed by atoms with van der Waals surface area (Å²) in [4.78, 5) is 2.58. The Morgan fingerprint density at radius 2 is 2.05 bits per heavy atom. The number of furan rings is 1. The Labute approximate surface area is 122 Å². The molecule has 0 radical (unpaired) electrons. The van der Waals surface area contributed by atoms with E-state index in [0.29, 0.717) is 6.04 Å². The summed E-state index contributed by atoms with van der Waals surface area (Å²) in [5, 5.41) is 3.80. The topological polar surface area (TPSA) is 28.4 Å². The highest BCUT2D eigenvalue weighted by atomic mass is 16.3. The molecule has 0 amide bonds. The van der Waals surface area contributed by atoms with Crippen LogP contribution in [0.15, 0.2) is 16.5 Å². The molecule has 2 aliphatic rings. The van der Waals surface area contributed by atoms with Gasteiger partial charge in [-0.2, -0.15) is 0 Å². The number of hydrogen-bond donors (Lipinski definition) is 1. The van der Waals surface area contributed by atoms with Crippen molar-refractivity contribution >= 4 is 0 Å². The third-order valence-corrected chi connectivity index (χ3v) is 4.91. The van der Waals surface area contributed by atoms with Gasteiger partial charge in [0, 0.05) is 12.6 Å². The van der Waals surface area contributed by atoms with Gasteiger partial charge in [-0.3, -0.25) is 4.90 Å². The molecule has 0 bridgehead atoms. The summed E-state index contributed by atoms with van der Waals surface area (Å²) in [6, 6.07) is 4.89. The quantitative estimate of drug-likeness (QED) is 0.918. The molecule has 1 atom stereocenters. The van der Waals surface area contributed by atoms with Gasteiger partial charge in [-0.05, 0) is 57.3 Å². The Hall–Kier alpha value is -0.800. The van der Waals surface area contributed by atoms with Crippen LogP contribution in [0.25, 0.3) is 0 Å². The Morgan fingerprint density at radius 3 is 2.80 bits per heavy atom. The van der Waals surface area contributed by atoms with Crippen LogP contribution in [0.3, 0.4) is 0 Å². The second-order valence-corrected chi connectivity index (χ2v) is 6.56. The minimum absolute atomic E-state index is 0.689. The molecule has 3 nitrogen and oxygen atoms in total. The summed E-state index contributed by atoms with van der Waals surface area (Å²) in [5.41, 5.74) is 0. The van der Waals surface area contributed by atoms with Crippen LogP contribution >= 0.6 is 0 Å². The van der Waals surface area contributed by atoms with Crippen molar-refractivity contribution in [1.29, 1.82) is 0 Å². The molecular formula is C17H28N2O. The lowest BCUT2D eigenvalue weighted by Gasteiger charge is -2.32. The monoisotopic (exact) mass is 276 g/mol. The first-order valence-electron chi connectivity index (χ1n) is 8.32. The molecule has 1 aromatic heterocycles. The van der Waals surface area contributed by atoms with Gasteiger partial charge < -0.3 is 9.73 Å². The first kappa shape index (κ1) is 14.2. The molecule has 3 rings (SSSR count). The van der Waals surface area contributed by atoms with Gasteiger partial charge in [0.2, 0.25) is 0 Å². The lowest BCUT2D eigenvalue weighted by Crippen LogP contribution is -2.43. The lowest BCUT2D eigenvalue weighted by molar-refractivity contribution is 0.191. The van der Waals surface area contributed by atoms with Gasteiger partial charge in [0.25, 0.3) is 0 Å². The van der Waals surface area contributed by atoms with Gasteiger partial charge in [-0.15, -0.1) is 0 Å². The van der Waals surface area contributed by atoms with E-state index in [1.54, 1.807) is 0 Å². The van der Waals surface area contributed by atoms with Gasteiger partial charge in [-0.25, -0.2) is 0 Å². The van der Waals surface area contributed by atoms with Crippen molar-refractivity contribution in [3.05, 3.63) is 23.7 Å². The van der Waals surface area contributed by atoms with E-state index in [9.17, 15) is 0 Å². The minimum Gasteiger partial charge on any atom is -0.465 e. The molecular weight excluding hydrogens is 248 g/mol. The summed E-state index contributed by atoms with van der Waals surface area (Å²) in [6.45, 7) is 6.55. The molecule has 0 spiro atoms. The van der Waals surface area contributed by atoms with Crippen LogP contribution in [-0.4, -0.2) is 30.6 Å².